The molecule has 0 spiro atoms. The van der Waals surface area contributed by atoms with Gasteiger partial charge in [0.05, 0.1) is 0 Å². The van der Waals surface area contributed by atoms with E-state index in [4.69, 9.17) is 0 Å². The minimum atomic E-state index is 0.00853. The summed E-state index contributed by atoms with van der Waals surface area (Å²) in [6.45, 7) is 2.10. The molecule has 1 aromatic rings. The number of rotatable bonds is 0. The van der Waals surface area contributed by atoms with Gasteiger partial charge in [-0.1, -0.05) is 6.42 Å². The van der Waals surface area contributed by atoms with Gasteiger partial charge in [0.1, 0.15) is 0 Å². The van der Waals surface area contributed by atoms with Crippen molar-refractivity contribution in [2.24, 2.45) is 0 Å². The number of piperidine rings is 1. The summed E-state index contributed by atoms with van der Waals surface area (Å²) >= 11 is 0. The van der Waals surface area contributed by atoms with Crippen LogP contribution in [-0.4, -0.2) is 27.7 Å². The van der Waals surface area contributed by atoms with Gasteiger partial charge in [-0.2, -0.15) is 0 Å². The smallest absolute Gasteiger partial charge is 0.157 e. The maximum Gasteiger partial charge on any atom is 0.157 e. The van der Waals surface area contributed by atoms with Crippen molar-refractivity contribution in [2.75, 3.05) is 6.54 Å². The fourth-order valence-electron chi connectivity index (χ4n) is 2.97. The summed E-state index contributed by atoms with van der Waals surface area (Å²) < 4.78 is 0. The molecule has 86 valence electrons. The second-order valence-corrected chi connectivity index (χ2v) is 4.93. The van der Waals surface area contributed by atoms with E-state index >= 15 is 0 Å². The number of hydrogen-bond donors (Lipinski definition) is 2. The first-order chi connectivity index (χ1) is 7.74. The predicted molar refractivity (Wildman–Crippen MR) is 61.5 cm³/mol. The first-order valence-corrected chi connectivity index (χ1v) is 6.02. The molecular formula is C13H17NO2. The van der Waals surface area contributed by atoms with Crippen LogP contribution in [0.5, 0.6) is 11.5 Å². The molecule has 1 aromatic carbocycles. The molecule has 1 saturated heterocycles. The Kier molecular flexibility index (Phi) is 2.28. The van der Waals surface area contributed by atoms with Gasteiger partial charge in [-0.15, -0.1) is 0 Å². The van der Waals surface area contributed by atoms with Gasteiger partial charge in [-0.25, -0.2) is 0 Å². The third kappa shape index (κ3) is 1.55. The summed E-state index contributed by atoms with van der Waals surface area (Å²) in [6, 6.07) is 4.09. The largest absolute Gasteiger partial charge is 0.504 e. The molecule has 0 aromatic heterocycles. The average Bonchev–Trinajstić information content (AvgIpc) is 2.28. The average molecular weight is 219 g/mol. The molecule has 2 aliphatic heterocycles. The van der Waals surface area contributed by atoms with Crippen molar-refractivity contribution >= 4 is 0 Å². The van der Waals surface area contributed by atoms with Gasteiger partial charge < -0.3 is 10.2 Å². The molecule has 2 N–H and O–H groups in total. The summed E-state index contributed by atoms with van der Waals surface area (Å²) in [5.41, 5.74) is 2.38. The first-order valence-electron chi connectivity index (χ1n) is 6.02. The Balaban J connectivity index is 1.95. The monoisotopic (exact) mass is 219 g/mol. The molecule has 0 saturated carbocycles. The van der Waals surface area contributed by atoms with Gasteiger partial charge in [-0.3, -0.25) is 4.90 Å². The summed E-state index contributed by atoms with van der Waals surface area (Å²) in [4.78, 5) is 2.50. The van der Waals surface area contributed by atoms with Crippen LogP contribution in [0.25, 0.3) is 0 Å². The normalized spacial score (nSPS) is 24.9. The van der Waals surface area contributed by atoms with E-state index in [1.165, 1.54) is 36.9 Å². The van der Waals surface area contributed by atoms with Crippen LogP contribution in [0.15, 0.2) is 12.1 Å². The third-order valence-electron chi connectivity index (χ3n) is 3.87. The van der Waals surface area contributed by atoms with Gasteiger partial charge >= 0.3 is 0 Å². The van der Waals surface area contributed by atoms with E-state index < -0.39 is 0 Å². The van der Waals surface area contributed by atoms with Gasteiger partial charge in [0, 0.05) is 12.6 Å². The highest BCUT2D eigenvalue weighted by Crippen LogP contribution is 2.35. The minimum absolute atomic E-state index is 0.00853. The zero-order valence-corrected chi connectivity index (χ0v) is 9.32. The van der Waals surface area contributed by atoms with Crippen LogP contribution >= 0.6 is 0 Å². The van der Waals surface area contributed by atoms with Gasteiger partial charge in [-0.05, 0) is 49.1 Å². The van der Waals surface area contributed by atoms with E-state index in [1.54, 1.807) is 12.1 Å². The number of fused-ring (bicyclic) bond motifs is 2. The van der Waals surface area contributed by atoms with Gasteiger partial charge in [0.25, 0.3) is 0 Å². The molecule has 0 radical (unpaired) electrons. The highest BCUT2D eigenvalue weighted by Gasteiger charge is 2.28. The highest BCUT2D eigenvalue weighted by atomic mass is 16.3. The summed E-state index contributed by atoms with van der Waals surface area (Å²) in [5, 5.41) is 19.0. The Hall–Kier alpha value is -1.22. The standard InChI is InChI=1S/C13H17NO2/c15-12-6-9-5-11-3-1-2-4-14(11)8-10(9)7-13(12)16/h6-7,11,15-16H,1-5,8H2. The molecule has 2 heterocycles. The van der Waals surface area contributed by atoms with Crippen molar-refractivity contribution in [3.63, 3.8) is 0 Å². The first kappa shape index (κ1) is 9.97. The lowest BCUT2D eigenvalue weighted by atomic mass is 9.88. The Morgan fingerprint density at radius 2 is 1.81 bits per heavy atom. The fourth-order valence-corrected chi connectivity index (χ4v) is 2.97. The minimum Gasteiger partial charge on any atom is -0.504 e. The second kappa shape index (κ2) is 3.67. The number of benzene rings is 1. The Bertz CT molecular complexity index is 378. The molecule has 0 bridgehead atoms. The number of nitrogens with zero attached hydrogens (tertiary/aromatic N) is 1. The molecule has 1 fully saturated rings. The van der Waals surface area contributed by atoms with E-state index in [2.05, 4.69) is 4.90 Å². The molecule has 16 heavy (non-hydrogen) atoms. The number of aromatic hydroxyl groups is 2. The fraction of sp³-hybridized carbons (Fsp3) is 0.538. The Morgan fingerprint density at radius 3 is 2.62 bits per heavy atom. The lowest BCUT2D eigenvalue weighted by Crippen LogP contribution is -2.43. The molecule has 3 rings (SSSR count). The van der Waals surface area contributed by atoms with Crippen molar-refractivity contribution in [1.82, 2.24) is 4.90 Å². The summed E-state index contributed by atoms with van der Waals surface area (Å²) in [5.74, 6) is 0.0252. The van der Waals surface area contributed by atoms with Crippen LogP contribution in [0, 0.1) is 0 Å². The van der Waals surface area contributed by atoms with E-state index in [0.29, 0.717) is 6.04 Å². The molecule has 3 nitrogen and oxygen atoms in total. The number of phenolic OH excluding ortho intramolecular Hbond substituents is 2. The van der Waals surface area contributed by atoms with E-state index in [1.807, 2.05) is 0 Å². The third-order valence-corrected chi connectivity index (χ3v) is 3.87. The zero-order chi connectivity index (χ0) is 11.1. The maximum atomic E-state index is 9.51. The summed E-state index contributed by atoms with van der Waals surface area (Å²) in [6.07, 6.45) is 4.89. The van der Waals surface area contributed by atoms with Crippen molar-refractivity contribution in [3.8, 4) is 11.5 Å². The lowest BCUT2D eigenvalue weighted by Gasteiger charge is -2.40. The van der Waals surface area contributed by atoms with Crippen molar-refractivity contribution in [1.29, 1.82) is 0 Å². The van der Waals surface area contributed by atoms with Crippen LogP contribution in [-0.2, 0) is 13.0 Å². The van der Waals surface area contributed by atoms with Crippen LogP contribution in [0.3, 0.4) is 0 Å². The number of hydrogen-bond acceptors (Lipinski definition) is 3. The molecule has 2 aliphatic rings. The zero-order valence-electron chi connectivity index (χ0n) is 9.32. The molecule has 0 aliphatic carbocycles. The van der Waals surface area contributed by atoms with Crippen LogP contribution < -0.4 is 0 Å². The van der Waals surface area contributed by atoms with Crippen molar-refractivity contribution in [2.45, 2.75) is 38.3 Å². The van der Waals surface area contributed by atoms with E-state index in [-0.39, 0.29) is 11.5 Å². The quantitative estimate of drug-likeness (QED) is 0.656. The molecule has 1 atom stereocenters. The molecular weight excluding hydrogens is 202 g/mol. The highest BCUT2D eigenvalue weighted by molar-refractivity contribution is 5.46. The topological polar surface area (TPSA) is 43.7 Å². The van der Waals surface area contributed by atoms with Gasteiger partial charge in [0.15, 0.2) is 11.5 Å². The van der Waals surface area contributed by atoms with Gasteiger partial charge in [0.2, 0.25) is 0 Å². The SMILES string of the molecule is Oc1cc2c(cc1O)CN1CCCCC1C2. The Morgan fingerprint density at radius 1 is 1.06 bits per heavy atom. The molecule has 0 amide bonds. The number of phenols is 2. The lowest BCUT2D eigenvalue weighted by molar-refractivity contribution is 0.127. The maximum absolute atomic E-state index is 9.51. The predicted octanol–water partition coefficient (Wildman–Crippen LogP) is 2.01. The van der Waals surface area contributed by atoms with Crippen molar-refractivity contribution < 1.29 is 10.2 Å². The van der Waals surface area contributed by atoms with Crippen LogP contribution in [0.1, 0.15) is 30.4 Å². The van der Waals surface area contributed by atoms with Crippen LogP contribution in [0.4, 0.5) is 0 Å². The van der Waals surface area contributed by atoms with Crippen LogP contribution in [0.2, 0.25) is 0 Å². The molecule has 1 unspecified atom stereocenters. The Labute approximate surface area is 95.3 Å². The second-order valence-electron chi connectivity index (χ2n) is 4.93. The summed E-state index contributed by atoms with van der Waals surface area (Å²) in [7, 11) is 0. The van der Waals surface area contributed by atoms with E-state index in [0.717, 1.165) is 13.0 Å². The molecule has 3 heteroatoms. The van der Waals surface area contributed by atoms with E-state index in [9.17, 15) is 10.2 Å². The van der Waals surface area contributed by atoms with Crippen molar-refractivity contribution in [3.05, 3.63) is 23.3 Å².